The number of rotatable bonds is 10. The lowest BCUT2D eigenvalue weighted by atomic mass is 9.87. The Morgan fingerprint density at radius 2 is 2.06 bits per heavy atom. The van der Waals surface area contributed by atoms with Crippen LogP contribution in [-0.4, -0.2) is 54.2 Å². The maximum Gasteiger partial charge on any atom is 0.250 e. The fraction of sp³-hybridized carbons (Fsp3) is 0.423. The second kappa shape index (κ2) is 11.7. The summed E-state index contributed by atoms with van der Waals surface area (Å²) in [6.07, 6.45) is 3.74. The molecule has 8 heteroatoms. The number of anilines is 1. The number of carbonyl (C=O) groups is 2. The molecule has 0 spiro atoms. The number of ether oxygens (including phenoxy) is 1. The zero-order valence-electron chi connectivity index (χ0n) is 19.6. The fourth-order valence-electron chi connectivity index (χ4n) is 4.55. The van der Waals surface area contributed by atoms with E-state index in [-0.39, 0.29) is 23.9 Å². The first-order valence-electron chi connectivity index (χ1n) is 11.5. The third-order valence-electron chi connectivity index (χ3n) is 6.27. The van der Waals surface area contributed by atoms with Crippen LogP contribution in [-0.2, 0) is 16.0 Å². The Bertz CT molecular complexity index is 1030. The number of aliphatic hydroxyl groups is 1. The molecule has 1 aliphatic rings. The Labute approximate surface area is 199 Å². The molecule has 0 saturated carbocycles. The number of carbonyl (C=O) groups excluding carboxylic acids is 2. The number of methoxy groups -OCH3 is 1. The van der Waals surface area contributed by atoms with Crippen molar-refractivity contribution in [2.24, 2.45) is 5.92 Å². The van der Waals surface area contributed by atoms with Crippen LogP contribution in [0.25, 0.3) is 0 Å². The maximum atomic E-state index is 14.9. The highest BCUT2D eigenvalue weighted by Crippen LogP contribution is 2.31. The third-order valence-corrected chi connectivity index (χ3v) is 6.27. The number of nitrogens with one attached hydrogen (secondary N) is 2. The van der Waals surface area contributed by atoms with Crippen molar-refractivity contribution in [3.8, 4) is 5.75 Å². The van der Waals surface area contributed by atoms with Crippen LogP contribution in [0.3, 0.4) is 0 Å². The number of benzene rings is 2. The lowest BCUT2D eigenvalue weighted by molar-refractivity contribution is -0.137. The van der Waals surface area contributed by atoms with Gasteiger partial charge in [-0.3, -0.25) is 9.59 Å². The molecule has 1 fully saturated rings. The number of hydrogen-bond donors (Lipinski definition) is 3. The van der Waals surface area contributed by atoms with Gasteiger partial charge in [-0.2, -0.15) is 0 Å². The SMILES string of the molecule is COc1cc(CCO)cc(NC(C(=O)N2CCCCC2C(C=N)C(C)=O)c2ccccc2F)c1. The van der Waals surface area contributed by atoms with Gasteiger partial charge >= 0.3 is 0 Å². The number of aliphatic hydroxyl groups excluding tert-OH is 1. The summed E-state index contributed by atoms with van der Waals surface area (Å²) in [5.74, 6) is -1.19. The van der Waals surface area contributed by atoms with Crippen molar-refractivity contribution >= 4 is 23.6 Å². The second-order valence-electron chi connectivity index (χ2n) is 8.54. The van der Waals surface area contributed by atoms with E-state index in [1.165, 1.54) is 20.1 Å². The number of halogens is 1. The summed E-state index contributed by atoms with van der Waals surface area (Å²) in [7, 11) is 1.53. The van der Waals surface area contributed by atoms with Crippen molar-refractivity contribution in [2.45, 2.75) is 44.7 Å². The van der Waals surface area contributed by atoms with E-state index in [1.54, 1.807) is 41.3 Å². The first-order valence-corrected chi connectivity index (χ1v) is 11.5. The monoisotopic (exact) mass is 469 g/mol. The predicted molar refractivity (Wildman–Crippen MR) is 129 cm³/mol. The minimum Gasteiger partial charge on any atom is -0.497 e. The molecule has 0 aromatic heterocycles. The zero-order chi connectivity index (χ0) is 24.7. The first kappa shape index (κ1) is 25.4. The van der Waals surface area contributed by atoms with Gasteiger partial charge in [-0.1, -0.05) is 18.2 Å². The Kier molecular flexibility index (Phi) is 8.76. The molecule has 3 unspecified atom stereocenters. The topological polar surface area (TPSA) is 103 Å². The van der Waals surface area contributed by atoms with Crippen LogP contribution in [0.4, 0.5) is 10.1 Å². The fourth-order valence-corrected chi connectivity index (χ4v) is 4.55. The predicted octanol–water partition coefficient (Wildman–Crippen LogP) is 3.76. The smallest absolute Gasteiger partial charge is 0.250 e. The summed E-state index contributed by atoms with van der Waals surface area (Å²) in [4.78, 5) is 27.7. The molecule has 3 rings (SSSR count). The number of ketones is 1. The largest absolute Gasteiger partial charge is 0.497 e. The van der Waals surface area contributed by atoms with Crippen LogP contribution in [0.5, 0.6) is 5.75 Å². The van der Waals surface area contributed by atoms with E-state index in [2.05, 4.69) is 5.32 Å². The van der Waals surface area contributed by atoms with Crippen LogP contribution in [0.15, 0.2) is 42.5 Å². The molecule has 182 valence electrons. The Hall–Kier alpha value is -3.26. The molecule has 3 N–H and O–H groups in total. The molecule has 0 aliphatic carbocycles. The molecular formula is C26H32FN3O4. The van der Waals surface area contributed by atoms with E-state index < -0.39 is 23.8 Å². The van der Waals surface area contributed by atoms with Crippen molar-refractivity contribution in [3.63, 3.8) is 0 Å². The minimum atomic E-state index is -1.05. The van der Waals surface area contributed by atoms with Crippen LogP contribution in [0, 0.1) is 17.1 Å². The van der Waals surface area contributed by atoms with Gasteiger partial charge in [0.25, 0.3) is 0 Å². The van der Waals surface area contributed by atoms with Crippen molar-refractivity contribution < 1.29 is 23.8 Å². The molecule has 2 aromatic carbocycles. The number of nitrogens with zero attached hydrogens (tertiary/aromatic N) is 1. The lowest BCUT2D eigenvalue weighted by Crippen LogP contribution is -2.52. The third kappa shape index (κ3) is 5.80. The molecule has 1 saturated heterocycles. The van der Waals surface area contributed by atoms with E-state index in [0.717, 1.165) is 24.6 Å². The normalized spacial score (nSPS) is 17.5. The Morgan fingerprint density at radius 1 is 1.29 bits per heavy atom. The van der Waals surface area contributed by atoms with E-state index in [4.69, 9.17) is 10.1 Å². The van der Waals surface area contributed by atoms with Gasteiger partial charge < -0.3 is 25.5 Å². The van der Waals surface area contributed by atoms with E-state index in [0.29, 0.717) is 30.8 Å². The maximum absolute atomic E-state index is 14.9. The van der Waals surface area contributed by atoms with E-state index >= 15 is 0 Å². The molecular weight excluding hydrogens is 437 g/mol. The molecule has 0 radical (unpaired) electrons. The Morgan fingerprint density at radius 3 is 2.71 bits per heavy atom. The average Bonchev–Trinajstić information content (AvgIpc) is 2.83. The first-order chi connectivity index (χ1) is 16.4. The van der Waals surface area contributed by atoms with Gasteiger partial charge in [0.1, 0.15) is 23.4 Å². The summed E-state index contributed by atoms with van der Waals surface area (Å²) < 4.78 is 20.3. The summed E-state index contributed by atoms with van der Waals surface area (Å²) >= 11 is 0. The zero-order valence-corrected chi connectivity index (χ0v) is 19.6. The molecule has 1 amide bonds. The molecule has 2 aromatic rings. The van der Waals surface area contributed by atoms with Gasteiger partial charge in [0.05, 0.1) is 13.0 Å². The van der Waals surface area contributed by atoms with Gasteiger partial charge in [0.15, 0.2) is 0 Å². The molecule has 34 heavy (non-hydrogen) atoms. The highest BCUT2D eigenvalue weighted by Gasteiger charge is 2.38. The summed E-state index contributed by atoms with van der Waals surface area (Å²) in [6, 6.07) is 9.93. The van der Waals surface area contributed by atoms with Gasteiger partial charge in [-0.25, -0.2) is 4.39 Å². The standard InChI is InChI=1S/C26H32FN3O4/c1-17(32)22(16-28)24-9-5-6-11-30(24)26(33)25(21-7-3-4-8-23(21)27)29-19-13-18(10-12-31)14-20(15-19)34-2/h3-4,7-8,13-16,22,24-25,28-29,31H,5-6,9-12H2,1-2H3. The Balaban J connectivity index is 2.02. The van der Waals surface area contributed by atoms with E-state index in [1.807, 2.05) is 0 Å². The second-order valence-corrected chi connectivity index (χ2v) is 8.54. The molecule has 1 aliphatic heterocycles. The van der Waals surface area contributed by atoms with Gasteiger partial charge in [-0.15, -0.1) is 0 Å². The number of piperidine rings is 1. The van der Waals surface area contributed by atoms with Crippen LogP contribution in [0.1, 0.15) is 43.4 Å². The van der Waals surface area contributed by atoms with Crippen molar-refractivity contribution in [1.29, 1.82) is 5.41 Å². The summed E-state index contributed by atoms with van der Waals surface area (Å²) in [5, 5.41) is 20.3. The van der Waals surface area contributed by atoms with Crippen molar-refractivity contribution in [2.75, 3.05) is 25.6 Å². The highest BCUT2D eigenvalue weighted by molar-refractivity contribution is 5.94. The quantitative estimate of drug-likeness (QED) is 0.460. The van der Waals surface area contributed by atoms with Crippen molar-refractivity contribution in [3.05, 3.63) is 59.4 Å². The molecule has 0 bridgehead atoms. The van der Waals surface area contributed by atoms with Gasteiger partial charge in [0.2, 0.25) is 5.91 Å². The summed E-state index contributed by atoms with van der Waals surface area (Å²) in [6.45, 7) is 1.81. The van der Waals surface area contributed by atoms with Crippen LogP contribution in [0.2, 0.25) is 0 Å². The minimum absolute atomic E-state index is 0.0478. The van der Waals surface area contributed by atoms with Crippen molar-refractivity contribution in [1.82, 2.24) is 4.90 Å². The number of hydrogen-bond acceptors (Lipinski definition) is 6. The van der Waals surface area contributed by atoms with E-state index in [9.17, 15) is 19.1 Å². The molecule has 1 heterocycles. The van der Waals surface area contributed by atoms with Gasteiger partial charge in [-0.05, 0) is 56.4 Å². The van der Waals surface area contributed by atoms with Gasteiger partial charge in [0, 0.05) is 42.7 Å². The van der Waals surface area contributed by atoms with Crippen LogP contribution >= 0.6 is 0 Å². The lowest BCUT2D eigenvalue weighted by Gasteiger charge is -2.40. The average molecular weight is 470 g/mol. The molecule has 7 nitrogen and oxygen atoms in total. The highest BCUT2D eigenvalue weighted by atomic mass is 19.1. The molecule has 3 atom stereocenters. The van der Waals surface area contributed by atoms with Crippen LogP contribution < -0.4 is 10.1 Å². The summed E-state index contributed by atoms with van der Waals surface area (Å²) in [5.41, 5.74) is 1.55. The number of likely N-dealkylation sites (tertiary alicyclic amines) is 1. The number of amides is 1. The number of Topliss-reactive ketones (excluding diaryl/α,β-unsaturated/α-hetero) is 1.